The van der Waals surface area contributed by atoms with Gasteiger partial charge >= 0.3 is 0 Å². The highest BCUT2D eigenvalue weighted by atomic mass is 35.5. The van der Waals surface area contributed by atoms with E-state index in [1.54, 1.807) is 18.5 Å². The van der Waals surface area contributed by atoms with E-state index in [4.69, 9.17) is 16.3 Å². The molecule has 0 aliphatic carbocycles. The second-order valence-electron chi connectivity index (χ2n) is 5.96. The Morgan fingerprint density at radius 1 is 1.16 bits per heavy atom. The molecule has 2 aromatic rings. The molecule has 1 saturated heterocycles. The maximum absolute atomic E-state index is 13.0. The van der Waals surface area contributed by atoms with E-state index in [0.717, 1.165) is 5.56 Å². The van der Waals surface area contributed by atoms with Gasteiger partial charge in [-0.1, -0.05) is 23.7 Å². The van der Waals surface area contributed by atoms with Crippen molar-refractivity contribution in [3.8, 4) is 0 Å². The van der Waals surface area contributed by atoms with Gasteiger partial charge in [0.1, 0.15) is 0 Å². The minimum atomic E-state index is -0.591. The van der Waals surface area contributed by atoms with E-state index in [-0.39, 0.29) is 5.91 Å². The van der Waals surface area contributed by atoms with Crippen LogP contribution in [-0.4, -0.2) is 42.2 Å². The molecule has 1 aliphatic heterocycles. The highest BCUT2D eigenvalue weighted by Gasteiger charge is 2.41. The zero-order valence-electron chi connectivity index (χ0n) is 13.9. The van der Waals surface area contributed by atoms with Crippen molar-refractivity contribution in [2.75, 3.05) is 31.6 Å². The van der Waals surface area contributed by atoms with Gasteiger partial charge in [-0.25, -0.2) is 9.97 Å². The number of hydrogen-bond acceptors (Lipinski definition) is 5. The van der Waals surface area contributed by atoms with Gasteiger partial charge in [-0.05, 0) is 36.6 Å². The molecular formula is C18H21ClN4O2. The van der Waals surface area contributed by atoms with Crippen LogP contribution in [0.1, 0.15) is 18.4 Å². The molecule has 1 fully saturated rings. The Morgan fingerprint density at radius 2 is 1.92 bits per heavy atom. The molecule has 1 aromatic heterocycles. The minimum Gasteiger partial charge on any atom is -0.381 e. The second-order valence-corrected chi connectivity index (χ2v) is 6.40. The van der Waals surface area contributed by atoms with Crippen molar-refractivity contribution in [3.63, 3.8) is 0 Å². The predicted octanol–water partition coefficient (Wildman–Crippen LogP) is 2.41. The third-order valence-corrected chi connectivity index (χ3v) is 4.65. The molecule has 132 valence electrons. The summed E-state index contributed by atoms with van der Waals surface area (Å²) in [7, 11) is 0. The number of carbonyl (C=O) groups is 1. The maximum Gasteiger partial charge on any atom is 0.230 e. The van der Waals surface area contributed by atoms with Gasteiger partial charge in [0, 0.05) is 43.7 Å². The Kier molecular flexibility index (Phi) is 5.83. The lowest BCUT2D eigenvalue weighted by Crippen LogP contribution is -2.49. The number of rotatable bonds is 6. The Bertz CT molecular complexity index is 705. The average Bonchev–Trinajstić information content (AvgIpc) is 2.66. The Hall–Kier alpha value is -2.18. The van der Waals surface area contributed by atoms with Crippen molar-refractivity contribution in [1.82, 2.24) is 15.3 Å². The smallest absolute Gasteiger partial charge is 0.230 e. The Morgan fingerprint density at radius 3 is 2.64 bits per heavy atom. The van der Waals surface area contributed by atoms with Crippen LogP contribution in [0.5, 0.6) is 0 Å². The third kappa shape index (κ3) is 4.27. The Balaban J connectivity index is 1.64. The topological polar surface area (TPSA) is 76.1 Å². The first-order chi connectivity index (χ1) is 12.2. The van der Waals surface area contributed by atoms with Gasteiger partial charge in [-0.2, -0.15) is 0 Å². The predicted molar refractivity (Wildman–Crippen MR) is 96.7 cm³/mol. The molecule has 0 atom stereocenters. The van der Waals surface area contributed by atoms with Crippen molar-refractivity contribution < 1.29 is 9.53 Å². The van der Waals surface area contributed by atoms with Gasteiger partial charge in [-0.15, -0.1) is 0 Å². The number of halogens is 1. The van der Waals surface area contributed by atoms with Gasteiger partial charge < -0.3 is 15.4 Å². The number of aromatic nitrogens is 2. The lowest BCUT2D eigenvalue weighted by Gasteiger charge is -2.36. The van der Waals surface area contributed by atoms with Crippen LogP contribution in [0.25, 0.3) is 0 Å². The van der Waals surface area contributed by atoms with Crippen LogP contribution in [0.4, 0.5) is 5.95 Å². The van der Waals surface area contributed by atoms with Crippen LogP contribution < -0.4 is 10.6 Å². The quantitative estimate of drug-likeness (QED) is 0.774. The number of carbonyl (C=O) groups excluding carboxylic acids is 1. The van der Waals surface area contributed by atoms with Crippen molar-refractivity contribution in [2.24, 2.45) is 0 Å². The van der Waals surface area contributed by atoms with E-state index >= 15 is 0 Å². The molecule has 0 saturated carbocycles. The van der Waals surface area contributed by atoms with Crippen LogP contribution in [0.3, 0.4) is 0 Å². The fourth-order valence-electron chi connectivity index (χ4n) is 3.06. The van der Waals surface area contributed by atoms with E-state index in [2.05, 4.69) is 20.6 Å². The number of anilines is 1. The standard InChI is InChI=1S/C18H21ClN4O2/c19-15-4-1-3-14(13-15)18(5-11-25-12-6-18)16(24)20-9-10-23-17-21-7-2-8-22-17/h1-4,7-8,13H,5-6,9-12H2,(H,20,24)(H,21,22,23). The molecule has 1 aliphatic rings. The van der Waals surface area contributed by atoms with Gasteiger partial charge in [0.25, 0.3) is 0 Å². The maximum atomic E-state index is 13.0. The van der Waals surface area contributed by atoms with E-state index in [9.17, 15) is 4.79 Å². The number of benzene rings is 1. The van der Waals surface area contributed by atoms with Crippen LogP contribution >= 0.6 is 11.6 Å². The van der Waals surface area contributed by atoms with Crippen LogP contribution in [-0.2, 0) is 14.9 Å². The van der Waals surface area contributed by atoms with Crippen LogP contribution in [0.2, 0.25) is 5.02 Å². The van der Waals surface area contributed by atoms with E-state index < -0.39 is 5.41 Å². The summed E-state index contributed by atoms with van der Waals surface area (Å²) in [4.78, 5) is 21.2. The third-order valence-electron chi connectivity index (χ3n) is 4.42. The second kappa shape index (κ2) is 8.27. The molecule has 0 radical (unpaired) electrons. The summed E-state index contributed by atoms with van der Waals surface area (Å²) in [6.07, 6.45) is 4.64. The highest BCUT2D eigenvalue weighted by Crippen LogP contribution is 2.36. The molecule has 1 amide bonds. The summed E-state index contributed by atoms with van der Waals surface area (Å²) in [6, 6.07) is 9.30. The molecule has 6 nitrogen and oxygen atoms in total. The first kappa shape index (κ1) is 17.6. The molecule has 2 N–H and O–H groups in total. The van der Waals surface area contributed by atoms with Gasteiger partial charge in [0.15, 0.2) is 0 Å². The molecule has 0 bridgehead atoms. The summed E-state index contributed by atoms with van der Waals surface area (Å²) in [6.45, 7) is 2.17. The molecule has 0 spiro atoms. The van der Waals surface area contributed by atoms with Gasteiger partial charge in [0.05, 0.1) is 5.41 Å². The monoisotopic (exact) mass is 360 g/mol. The summed E-state index contributed by atoms with van der Waals surface area (Å²) >= 11 is 6.14. The van der Waals surface area contributed by atoms with Crippen molar-refractivity contribution in [1.29, 1.82) is 0 Å². The molecule has 7 heteroatoms. The van der Waals surface area contributed by atoms with Crippen molar-refractivity contribution in [2.45, 2.75) is 18.3 Å². The molecule has 1 aromatic carbocycles. The molecular weight excluding hydrogens is 340 g/mol. The summed E-state index contributed by atoms with van der Waals surface area (Å²) in [5.41, 5.74) is 0.354. The summed E-state index contributed by atoms with van der Waals surface area (Å²) in [5, 5.41) is 6.75. The fourth-order valence-corrected chi connectivity index (χ4v) is 3.25. The molecule has 0 unspecified atom stereocenters. The summed E-state index contributed by atoms with van der Waals surface area (Å²) in [5.74, 6) is 0.557. The highest BCUT2D eigenvalue weighted by molar-refractivity contribution is 6.30. The first-order valence-corrected chi connectivity index (χ1v) is 8.71. The zero-order chi connectivity index (χ0) is 17.5. The van der Waals surface area contributed by atoms with Gasteiger partial charge in [0.2, 0.25) is 11.9 Å². The summed E-state index contributed by atoms with van der Waals surface area (Å²) < 4.78 is 5.47. The first-order valence-electron chi connectivity index (χ1n) is 8.34. The Labute approximate surface area is 152 Å². The SMILES string of the molecule is O=C(NCCNc1ncccn1)C1(c2cccc(Cl)c2)CCOCC1. The van der Waals surface area contributed by atoms with E-state index in [0.29, 0.717) is 50.1 Å². The lowest BCUT2D eigenvalue weighted by atomic mass is 9.73. The molecule has 3 rings (SSSR count). The molecule has 2 heterocycles. The van der Waals surface area contributed by atoms with E-state index in [1.165, 1.54) is 0 Å². The fraction of sp³-hybridized carbons (Fsp3) is 0.389. The largest absolute Gasteiger partial charge is 0.381 e. The lowest BCUT2D eigenvalue weighted by molar-refractivity contribution is -0.130. The van der Waals surface area contributed by atoms with Gasteiger partial charge in [-0.3, -0.25) is 4.79 Å². The van der Waals surface area contributed by atoms with E-state index in [1.807, 2.05) is 24.3 Å². The van der Waals surface area contributed by atoms with Crippen molar-refractivity contribution in [3.05, 3.63) is 53.3 Å². The van der Waals surface area contributed by atoms with Crippen LogP contribution in [0.15, 0.2) is 42.7 Å². The number of nitrogens with one attached hydrogen (secondary N) is 2. The average molecular weight is 361 g/mol. The van der Waals surface area contributed by atoms with Crippen molar-refractivity contribution >= 4 is 23.5 Å². The zero-order valence-corrected chi connectivity index (χ0v) is 14.6. The van der Waals surface area contributed by atoms with Crippen LogP contribution in [0, 0.1) is 0 Å². The number of nitrogens with zero attached hydrogens (tertiary/aromatic N) is 2. The number of amides is 1. The normalized spacial score (nSPS) is 16.2. The minimum absolute atomic E-state index is 0.00819. The number of hydrogen-bond donors (Lipinski definition) is 2. The molecule has 25 heavy (non-hydrogen) atoms. The number of ether oxygens (including phenoxy) is 1.